The van der Waals surface area contributed by atoms with Crippen LogP contribution in [0.25, 0.3) is 0 Å². The van der Waals surface area contributed by atoms with Gasteiger partial charge in [-0.15, -0.1) is 0 Å². The largest absolute Gasteiger partial charge is 0.550 e. The summed E-state index contributed by atoms with van der Waals surface area (Å²) in [6, 6.07) is 10.8. The SMILES string of the molecule is O=C([O-])CC(NC(=O)c1ccccc1Cl)c1ccc(F)cc1. The van der Waals surface area contributed by atoms with Gasteiger partial charge in [0.1, 0.15) is 5.82 Å². The molecule has 2 aromatic carbocycles. The Morgan fingerprint density at radius 1 is 1.14 bits per heavy atom. The molecule has 1 N–H and O–H groups in total. The first kappa shape index (κ1) is 16.0. The van der Waals surface area contributed by atoms with Crippen molar-refractivity contribution in [2.45, 2.75) is 12.5 Å². The Morgan fingerprint density at radius 2 is 1.77 bits per heavy atom. The lowest BCUT2D eigenvalue weighted by molar-refractivity contribution is -0.306. The number of hydrogen-bond acceptors (Lipinski definition) is 3. The second-order valence-corrected chi connectivity index (χ2v) is 5.04. The molecule has 0 radical (unpaired) electrons. The van der Waals surface area contributed by atoms with Crippen molar-refractivity contribution in [1.82, 2.24) is 5.32 Å². The minimum absolute atomic E-state index is 0.231. The first-order valence-electron chi connectivity index (χ1n) is 6.48. The highest BCUT2D eigenvalue weighted by atomic mass is 35.5. The highest BCUT2D eigenvalue weighted by Crippen LogP contribution is 2.20. The second-order valence-electron chi connectivity index (χ2n) is 4.63. The van der Waals surface area contributed by atoms with E-state index >= 15 is 0 Å². The van der Waals surface area contributed by atoms with Crippen LogP contribution >= 0.6 is 11.6 Å². The van der Waals surface area contributed by atoms with Gasteiger partial charge in [-0.2, -0.15) is 0 Å². The molecule has 0 spiro atoms. The first-order chi connectivity index (χ1) is 10.5. The van der Waals surface area contributed by atoms with Gasteiger partial charge in [-0.25, -0.2) is 4.39 Å². The molecule has 0 heterocycles. The quantitative estimate of drug-likeness (QED) is 0.917. The third-order valence-corrected chi connectivity index (χ3v) is 3.40. The molecule has 1 amide bonds. The van der Waals surface area contributed by atoms with Gasteiger partial charge in [0.25, 0.3) is 5.91 Å². The molecule has 1 atom stereocenters. The van der Waals surface area contributed by atoms with Crippen LogP contribution in [0.5, 0.6) is 0 Å². The lowest BCUT2D eigenvalue weighted by Crippen LogP contribution is -2.34. The first-order valence-corrected chi connectivity index (χ1v) is 6.86. The predicted molar refractivity (Wildman–Crippen MR) is 77.7 cm³/mol. The minimum Gasteiger partial charge on any atom is -0.550 e. The van der Waals surface area contributed by atoms with E-state index in [1.165, 1.54) is 30.3 Å². The third kappa shape index (κ3) is 4.05. The van der Waals surface area contributed by atoms with Crippen molar-refractivity contribution in [2.75, 3.05) is 0 Å². The Kier molecular flexibility index (Phi) is 5.12. The highest BCUT2D eigenvalue weighted by Gasteiger charge is 2.17. The number of halogens is 2. The van der Waals surface area contributed by atoms with E-state index in [0.717, 1.165) is 0 Å². The van der Waals surface area contributed by atoms with Gasteiger partial charge in [0, 0.05) is 12.4 Å². The van der Waals surface area contributed by atoms with Crippen molar-refractivity contribution in [2.24, 2.45) is 0 Å². The van der Waals surface area contributed by atoms with Crippen molar-refractivity contribution >= 4 is 23.5 Å². The number of carboxylic acids is 1. The van der Waals surface area contributed by atoms with Crippen LogP contribution in [0.15, 0.2) is 48.5 Å². The molecular weight excluding hydrogens is 309 g/mol. The molecule has 0 aromatic heterocycles. The number of carbonyl (C=O) groups is 2. The van der Waals surface area contributed by atoms with Crippen molar-refractivity contribution in [3.8, 4) is 0 Å². The van der Waals surface area contributed by atoms with Gasteiger partial charge in [0.2, 0.25) is 0 Å². The van der Waals surface area contributed by atoms with Gasteiger partial charge in [-0.05, 0) is 29.8 Å². The van der Waals surface area contributed by atoms with Crippen molar-refractivity contribution in [1.29, 1.82) is 0 Å². The normalized spacial score (nSPS) is 11.7. The Bertz CT molecular complexity index is 688. The fraction of sp³-hybridized carbons (Fsp3) is 0.125. The second kappa shape index (κ2) is 7.04. The summed E-state index contributed by atoms with van der Waals surface area (Å²) in [5.74, 6) is -2.29. The molecule has 0 bridgehead atoms. The van der Waals surface area contributed by atoms with Crippen molar-refractivity contribution in [3.05, 3.63) is 70.5 Å². The molecule has 1 unspecified atom stereocenters. The highest BCUT2D eigenvalue weighted by molar-refractivity contribution is 6.33. The summed E-state index contributed by atoms with van der Waals surface area (Å²) in [5.41, 5.74) is 0.695. The maximum atomic E-state index is 13.0. The summed E-state index contributed by atoms with van der Waals surface area (Å²) in [5, 5.41) is 13.7. The molecule has 0 aliphatic heterocycles. The summed E-state index contributed by atoms with van der Waals surface area (Å²) in [4.78, 5) is 23.1. The molecule has 0 aliphatic rings. The van der Waals surface area contributed by atoms with E-state index < -0.39 is 30.2 Å². The third-order valence-electron chi connectivity index (χ3n) is 3.07. The van der Waals surface area contributed by atoms with Crippen LogP contribution < -0.4 is 10.4 Å². The van der Waals surface area contributed by atoms with E-state index in [-0.39, 0.29) is 10.6 Å². The standard InChI is InChI=1S/C16H13ClFNO3/c17-13-4-2-1-3-12(13)16(22)19-14(9-15(20)21)10-5-7-11(18)8-6-10/h1-8,14H,9H2,(H,19,22)(H,20,21)/p-1. The lowest BCUT2D eigenvalue weighted by atomic mass is 10.0. The Hall–Kier alpha value is -2.40. The van der Waals surface area contributed by atoms with E-state index in [2.05, 4.69) is 5.32 Å². The molecule has 0 saturated heterocycles. The number of benzene rings is 2. The number of rotatable bonds is 5. The molecular formula is C16H12ClFNO3-. The maximum absolute atomic E-state index is 13.0. The summed E-state index contributed by atoms with van der Waals surface area (Å²) >= 11 is 5.94. The number of nitrogens with one attached hydrogen (secondary N) is 1. The molecule has 0 fully saturated rings. The number of carboxylic acid groups (broad SMARTS) is 1. The summed E-state index contributed by atoms with van der Waals surface area (Å²) < 4.78 is 13.0. The van der Waals surface area contributed by atoms with Crippen molar-refractivity contribution < 1.29 is 19.1 Å². The smallest absolute Gasteiger partial charge is 0.253 e. The van der Waals surface area contributed by atoms with E-state index in [0.29, 0.717) is 5.56 Å². The number of amides is 1. The zero-order chi connectivity index (χ0) is 16.1. The molecule has 114 valence electrons. The number of hydrogen-bond donors (Lipinski definition) is 1. The maximum Gasteiger partial charge on any atom is 0.253 e. The van der Waals surface area contributed by atoms with Crippen LogP contribution in [0.1, 0.15) is 28.4 Å². The summed E-state index contributed by atoms with van der Waals surface area (Å²) in [6.07, 6.45) is -0.429. The Balaban J connectivity index is 2.23. The van der Waals surface area contributed by atoms with Gasteiger partial charge in [-0.3, -0.25) is 4.79 Å². The van der Waals surface area contributed by atoms with Crippen molar-refractivity contribution in [3.63, 3.8) is 0 Å². The van der Waals surface area contributed by atoms with E-state index in [9.17, 15) is 19.1 Å². The minimum atomic E-state index is -1.33. The van der Waals surface area contributed by atoms with E-state index in [1.807, 2.05) is 0 Å². The summed E-state index contributed by atoms with van der Waals surface area (Å²) in [6.45, 7) is 0. The summed E-state index contributed by atoms with van der Waals surface area (Å²) in [7, 11) is 0. The van der Waals surface area contributed by atoms with Crippen LogP contribution in [0.4, 0.5) is 4.39 Å². The molecule has 6 heteroatoms. The zero-order valence-corrected chi connectivity index (χ0v) is 12.1. The van der Waals surface area contributed by atoms with E-state index in [1.54, 1.807) is 18.2 Å². The fourth-order valence-corrected chi connectivity index (χ4v) is 2.22. The predicted octanol–water partition coefficient (Wildman–Crippen LogP) is 2.09. The molecule has 2 aromatic rings. The Labute approximate surface area is 131 Å². The van der Waals surface area contributed by atoms with Gasteiger partial charge in [-0.1, -0.05) is 35.9 Å². The van der Waals surface area contributed by atoms with Gasteiger partial charge >= 0.3 is 0 Å². The topological polar surface area (TPSA) is 69.2 Å². The van der Waals surface area contributed by atoms with Gasteiger partial charge in [0.15, 0.2) is 0 Å². The average Bonchev–Trinajstić information content (AvgIpc) is 2.47. The molecule has 2 rings (SSSR count). The van der Waals surface area contributed by atoms with Gasteiger partial charge < -0.3 is 15.2 Å². The fourth-order valence-electron chi connectivity index (χ4n) is 2.00. The van der Waals surface area contributed by atoms with Crippen LogP contribution in [-0.2, 0) is 4.79 Å². The zero-order valence-electron chi connectivity index (χ0n) is 11.4. The van der Waals surface area contributed by atoms with Crippen LogP contribution in [0, 0.1) is 5.82 Å². The lowest BCUT2D eigenvalue weighted by Gasteiger charge is -2.20. The van der Waals surface area contributed by atoms with E-state index in [4.69, 9.17) is 11.6 Å². The molecule has 4 nitrogen and oxygen atoms in total. The molecule has 0 aliphatic carbocycles. The number of carbonyl (C=O) groups excluding carboxylic acids is 2. The van der Waals surface area contributed by atoms with Crippen LogP contribution in [-0.4, -0.2) is 11.9 Å². The Morgan fingerprint density at radius 3 is 2.36 bits per heavy atom. The van der Waals surface area contributed by atoms with Crippen LogP contribution in [0.2, 0.25) is 5.02 Å². The molecule has 0 saturated carbocycles. The average molecular weight is 321 g/mol. The van der Waals surface area contributed by atoms with Crippen LogP contribution in [0.3, 0.4) is 0 Å². The van der Waals surface area contributed by atoms with Gasteiger partial charge in [0.05, 0.1) is 16.6 Å². The molecule has 22 heavy (non-hydrogen) atoms. The monoisotopic (exact) mass is 320 g/mol. The number of aliphatic carboxylic acids is 1.